The third kappa shape index (κ3) is 4.72. The molecule has 0 bridgehead atoms. The summed E-state index contributed by atoms with van der Waals surface area (Å²) in [6, 6.07) is 13.4. The molecular formula is C23H31N5. The fourth-order valence-corrected chi connectivity index (χ4v) is 3.92. The summed E-state index contributed by atoms with van der Waals surface area (Å²) in [5, 5.41) is 10.3. The minimum Gasteiger partial charge on any atom is -0.383 e. The topological polar surface area (TPSA) is 52.2 Å². The minimum absolute atomic E-state index is 0.520. The molecule has 1 unspecified atom stereocenters. The highest BCUT2D eigenvalue weighted by molar-refractivity contribution is 5.62. The van der Waals surface area contributed by atoms with Gasteiger partial charge < -0.3 is 16.0 Å². The van der Waals surface area contributed by atoms with Gasteiger partial charge >= 0.3 is 0 Å². The van der Waals surface area contributed by atoms with E-state index in [4.69, 9.17) is 0 Å². The summed E-state index contributed by atoms with van der Waals surface area (Å²) >= 11 is 0. The van der Waals surface area contributed by atoms with Crippen molar-refractivity contribution >= 4 is 11.4 Å². The number of fused-ring (bicyclic) bond motifs is 1. The van der Waals surface area contributed by atoms with Crippen LogP contribution < -0.4 is 16.0 Å². The van der Waals surface area contributed by atoms with Crippen LogP contribution in [-0.2, 0) is 13.0 Å². The third-order valence-electron chi connectivity index (χ3n) is 5.66. The lowest BCUT2D eigenvalue weighted by Gasteiger charge is -2.31. The number of benzene rings is 1. The summed E-state index contributed by atoms with van der Waals surface area (Å²) in [5.41, 5.74) is 5.91. The summed E-state index contributed by atoms with van der Waals surface area (Å²) in [6.45, 7) is 12.8. The molecule has 1 atom stereocenters. The van der Waals surface area contributed by atoms with Gasteiger partial charge in [-0.3, -0.25) is 9.88 Å². The molecule has 0 spiro atoms. The quantitative estimate of drug-likeness (QED) is 0.660. The van der Waals surface area contributed by atoms with Gasteiger partial charge in [-0.2, -0.15) is 0 Å². The van der Waals surface area contributed by atoms with Crippen molar-refractivity contribution in [1.29, 1.82) is 0 Å². The third-order valence-corrected chi connectivity index (χ3v) is 5.66. The maximum Gasteiger partial charge on any atom is 0.0875 e. The Morgan fingerprint density at radius 3 is 2.89 bits per heavy atom. The lowest BCUT2D eigenvalue weighted by molar-refractivity contribution is 0.220. The van der Waals surface area contributed by atoms with E-state index >= 15 is 0 Å². The molecule has 0 radical (unpaired) electrons. The van der Waals surface area contributed by atoms with E-state index in [1.54, 1.807) is 0 Å². The molecule has 2 aromatic rings. The Bertz CT molecular complexity index is 814. The molecule has 4 rings (SSSR count). The fourth-order valence-electron chi connectivity index (χ4n) is 3.92. The Morgan fingerprint density at radius 1 is 1.29 bits per heavy atom. The molecule has 1 aromatic heterocycles. The van der Waals surface area contributed by atoms with Crippen LogP contribution in [0.4, 0.5) is 5.69 Å². The second-order valence-electron chi connectivity index (χ2n) is 8.15. The standard InChI is InChI=1S/C23H31N5/c1-17(15-28-10-8-19-5-3-4-6-20(19)16-28)12-26-18(2)23-11-21(7-9-25-23)27-22-13-24-14-22/h3-7,9,11,17,22,24,26H,2,8,10,12-16H2,1H3,(H,25,27). The van der Waals surface area contributed by atoms with Gasteiger partial charge in [0.1, 0.15) is 0 Å². The van der Waals surface area contributed by atoms with E-state index in [-0.39, 0.29) is 0 Å². The summed E-state index contributed by atoms with van der Waals surface area (Å²) in [7, 11) is 0. The van der Waals surface area contributed by atoms with Crippen molar-refractivity contribution in [1.82, 2.24) is 20.5 Å². The molecule has 2 aliphatic heterocycles. The monoisotopic (exact) mass is 377 g/mol. The Balaban J connectivity index is 1.25. The van der Waals surface area contributed by atoms with Crippen LogP contribution in [0.1, 0.15) is 23.7 Å². The Morgan fingerprint density at radius 2 is 2.11 bits per heavy atom. The summed E-state index contributed by atoms with van der Waals surface area (Å²) in [4.78, 5) is 7.04. The normalized spacial score (nSPS) is 18.0. The number of rotatable bonds is 8. The van der Waals surface area contributed by atoms with E-state index in [0.29, 0.717) is 12.0 Å². The SMILES string of the molecule is C=C(NCC(C)CN1CCc2ccccc2C1)c1cc(NC2CNC2)ccn1. The molecule has 3 N–H and O–H groups in total. The van der Waals surface area contributed by atoms with Gasteiger partial charge in [0.25, 0.3) is 0 Å². The molecule has 5 nitrogen and oxygen atoms in total. The zero-order chi connectivity index (χ0) is 19.3. The van der Waals surface area contributed by atoms with Crippen molar-refractivity contribution in [3.63, 3.8) is 0 Å². The largest absolute Gasteiger partial charge is 0.383 e. The molecule has 1 fully saturated rings. The predicted octanol–water partition coefficient (Wildman–Crippen LogP) is 2.72. The van der Waals surface area contributed by atoms with E-state index in [2.05, 4.69) is 69.7 Å². The van der Waals surface area contributed by atoms with Crippen molar-refractivity contribution < 1.29 is 0 Å². The average molecular weight is 378 g/mol. The molecular weight excluding hydrogens is 346 g/mol. The highest BCUT2D eigenvalue weighted by Crippen LogP contribution is 2.19. The first-order chi connectivity index (χ1) is 13.7. The van der Waals surface area contributed by atoms with Crippen molar-refractivity contribution in [2.75, 3.05) is 38.0 Å². The minimum atomic E-state index is 0.520. The van der Waals surface area contributed by atoms with Gasteiger partial charge in [0, 0.05) is 51.2 Å². The Labute approximate surface area is 168 Å². The summed E-state index contributed by atoms with van der Waals surface area (Å²) in [6.07, 6.45) is 3.01. The fraction of sp³-hybridized carbons (Fsp3) is 0.435. The van der Waals surface area contributed by atoms with Crippen LogP contribution in [0, 0.1) is 5.92 Å². The zero-order valence-corrected chi connectivity index (χ0v) is 16.7. The van der Waals surface area contributed by atoms with Crippen LogP contribution in [0.15, 0.2) is 49.2 Å². The number of anilines is 1. The van der Waals surface area contributed by atoms with Crippen LogP contribution in [0.2, 0.25) is 0 Å². The molecule has 0 saturated carbocycles. The van der Waals surface area contributed by atoms with Crippen molar-refractivity contribution in [3.8, 4) is 0 Å². The molecule has 148 valence electrons. The highest BCUT2D eigenvalue weighted by atomic mass is 15.1. The molecule has 1 saturated heterocycles. The van der Waals surface area contributed by atoms with E-state index in [1.165, 1.54) is 11.1 Å². The van der Waals surface area contributed by atoms with E-state index < -0.39 is 0 Å². The number of hydrogen-bond donors (Lipinski definition) is 3. The first-order valence-corrected chi connectivity index (χ1v) is 10.3. The molecule has 28 heavy (non-hydrogen) atoms. The lowest BCUT2D eigenvalue weighted by atomic mass is 9.99. The van der Waals surface area contributed by atoms with Crippen LogP contribution >= 0.6 is 0 Å². The molecule has 2 aliphatic rings. The number of nitrogens with one attached hydrogen (secondary N) is 3. The molecule has 3 heterocycles. The average Bonchev–Trinajstić information content (AvgIpc) is 2.69. The van der Waals surface area contributed by atoms with E-state index in [1.807, 2.05) is 12.3 Å². The molecule has 0 aliphatic carbocycles. The van der Waals surface area contributed by atoms with E-state index in [0.717, 1.165) is 62.8 Å². The Kier molecular flexibility index (Phi) is 5.93. The molecule has 0 amide bonds. The first-order valence-electron chi connectivity index (χ1n) is 10.3. The second kappa shape index (κ2) is 8.76. The van der Waals surface area contributed by atoms with Crippen molar-refractivity contribution in [3.05, 3.63) is 66.0 Å². The van der Waals surface area contributed by atoms with Crippen LogP contribution in [0.25, 0.3) is 5.70 Å². The van der Waals surface area contributed by atoms with Crippen molar-refractivity contribution in [2.24, 2.45) is 5.92 Å². The van der Waals surface area contributed by atoms with Gasteiger partial charge in [0.2, 0.25) is 0 Å². The summed E-state index contributed by atoms with van der Waals surface area (Å²) in [5.74, 6) is 0.546. The van der Waals surface area contributed by atoms with Crippen LogP contribution in [0.3, 0.4) is 0 Å². The maximum atomic E-state index is 4.48. The van der Waals surface area contributed by atoms with Gasteiger partial charge in [0.15, 0.2) is 0 Å². The number of aromatic nitrogens is 1. The zero-order valence-electron chi connectivity index (χ0n) is 16.7. The molecule has 5 heteroatoms. The lowest BCUT2D eigenvalue weighted by Crippen LogP contribution is -2.51. The van der Waals surface area contributed by atoms with Crippen molar-refractivity contribution in [2.45, 2.75) is 25.9 Å². The predicted molar refractivity (Wildman–Crippen MR) is 116 cm³/mol. The maximum absolute atomic E-state index is 4.48. The second-order valence-corrected chi connectivity index (χ2v) is 8.15. The van der Waals surface area contributed by atoms with Crippen LogP contribution in [0.5, 0.6) is 0 Å². The van der Waals surface area contributed by atoms with E-state index in [9.17, 15) is 0 Å². The van der Waals surface area contributed by atoms with Gasteiger partial charge in [-0.05, 0) is 35.6 Å². The Hall–Kier alpha value is -2.37. The van der Waals surface area contributed by atoms with Gasteiger partial charge in [0.05, 0.1) is 17.4 Å². The number of hydrogen-bond acceptors (Lipinski definition) is 5. The highest BCUT2D eigenvalue weighted by Gasteiger charge is 2.18. The number of nitrogens with zero attached hydrogens (tertiary/aromatic N) is 2. The van der Waals surface area contributed by atoms with Gasteiger partial charge in [-0.25, -0.2) is 0 Å². The molecule has 1 aromatic carbocycles. The van der Waals surface area contributed by atoms with Gasteiger partial charge in [-0.15, -0.1) is 0 Å². The first kappa shape index (κ1) is 19.0. The van der Waals surface area contributed by atoms with Gasteiger partial charge in [-0.1, -0.05) is 37.8 Å². The summed E-state index contributed by atoms with van der Waals surface area (Å²) < 4.78 is 0. The number of pyridine rings is 1. The van der Waals surface area contributed by atoms with Crippen LogP contribution in [-0.4, -0.2) is 48.6 Å². The smallest absolute Gasteiger partial charge is 0.0875 e.